The number of nitrogens with one attached hydrogen (secondary N) is 1. The summed E-state index contributed by atoms with van der Waals surface area (Å²) in [6, 6.07) is 2.00. The number of thiophene rings is 1. The molecule has 1 aliphatic carbocycles. The average molecular weight is 399 g/mol. The van der Waals surface area contributed by atoms with Crippen LogP contribution in [-0.4, -0.2) is 5.91 Å². The molecule has 7 heteroatoms. The minimum Gasteiger partial charge on any atom is -0.319 e. The van der Waals surface area contributed by atoms with Crippen molar-refractivity contribution in [1.82, 2.24) is 0 Å². The summed E-state index contributed by atoms with van der Waals surface area (Å²) in [6.07, 6.45) is -2.02. The third-order valence-electron chi connectivity index (χ3n) is 5.17. The fraction of sp³-hybridized carbons (Fsp3) is 0.450. The molecule has 2 nitrogen and oxygen atoms in total. The molecule has 0 spiro atoms. The van der Waals surface area contributed by atoms with Gasteiger partial charge in [0, 0.05) is 10.3 Å². The van der Waals surface area contributed by atoms with Crippen LogP contribution in [0.5, 0.6) is 0 Å². The van der Waals surface area contributed by atoms with Crippen molar-refractivity contribution in [2.45, 2.75) is 46.2 Å². The Morgan fingerprint density at radius 3 is 2.56 bits per heavy atom. The van der Waals surface area contributed by atoms with Crippen LogP contribution >= 0.6 is 11.3 Å². The van der Waals surface area contributed by atoms with Crippen molar-refractivity contribution in [2.24, 2.45) is 11.3 Å². The number of carbonyl (C=O) groups excluding carboxylic acids is 1. The Morgan fingerprint density at radius 1 is 1.22 bits per heavy atom. The summed E-state index contributed by atoms with van der Waals surface area (Å²) in [5.74, 6) is -0.950. The van der Waals surface area contributed by atoms with Crippen LogP contribution in [0.2, 0.25) is 0 Å². The molecule has 27 heavy (non-hydrogen) atoms. The maximum atomic E-state index is 13.9. The Kier molecular flexibility index (Phi) is 5.10. The molecule has 1 aromatic heterocycles. The van der Waals surface area contributed by atoms with Gasteiger partial charge in [0.2, 0.25) is 0 Å². The standard InChI is InChI=1S/C20H21F4NOS/c1-19(2,3)11-4-6-13-14(10-27-17(13)9-11)18(26)25-16-8-12(20(22,23)24)5-7-15(16)21/h5,7-8,10-11H,4,6,9H2,1-3H3,(H,25,26)/t11-/m1/s1. The fourth-order valence-electron chi connectivity index (χ4n) is 3.43. The predicted octanol–water partition coefficient (Wildman–Crippen LogP) is 6.31. The summed E-state index contributed by atoms with van der Waals surface area (Å²) in [4.78, 5) is 13.7. The zero-order chi connectivity index (χ0) is 20.0. The highest BCUT2D eigenvalue weighted by molar-refractivity contribution is 7.10. The molecule has 1 heterocycles. The molecule has 0 unspecified atom stereocenters. The van der Waals surface area contributed by atoms with Crippen LogP contribution in [0, 0.1) is 17.2 Å². The van der Waals surface area contributed by atoms with E-state index in [0.29, 0.717) is 23.6 Å². The topological polar surface area (TPSA) is 29.1 Å². The Labute approximate surface area is 159 Å². The van der Waals surface area contributed by atoms with Gasteiger partial charge in [-0.1, -0.05) is 20.8 Å². The van der Waals surface area contributed by atoms with E-state index in [2.05, 4.69) is 26.1 Å². The Balaban J connectivity index is 1.82. The van der Waals surface area contributed by atoms with Gasteiger partial charge in [-0.2, -0.15) is 13.2 Å². The van der Waals surface area contributed by atoms with Crippen LogP contribution in [0.3, 0.4) is 0 Å². The molecule has 0 fully saturated rings. The van der Waals surface area contributed by atoms with Crippen molar-refractivity contribution in [1.29, 1.82) is 0 Å². The van der Waals surface area contributed by atoms with Gasteiger partial charge >= 0.3 is 6.18 Å². The normalized spacial score (nSPS) is 17.5. The van der Waals surface area contributed by atoms with Crippen LogP contribution in [0.4, 0.5) is 23.2 Å². The summed E-state index contributed by atoms with van der Waals surface area (Å²) in [5.41, 5.74) is 0.0768. The van der Waals surface area contributed by atoms with E-state index in [-0.39, 0.29) is 5.41 Å². The molecule has 0 bridgehead atoms. The number of alkyl halides is 3. The maximum absolute atomic E-state index is 13.9. The highest BCUT2D eigenvalue weighted by Crippen LogP contribution is 2.41. The van der Waals surface area contributed by atoms with E-state index >= 15 is 0 Å². The quantitative estimate of drug-likeness (QED) is 0.589. The molecule has 1 aromatic carbocycles. The minimum absolute atomic E-state index is 0.172. The van der Waals surface area contributed by atoms with Crippen LogP contribution in [-0.2, 0) is 19.0 Å². The number of rotatable bonds is 2. The molecule has 1 atom stereocenters. The molecule has 1 aliphatic rings. The number of hydrogen-bond donors (Lipinski definition) is 1. The summed E-state index contributed by atoms with van der Waals surface area (Å²) >= 11 is 1.49. The van der Waals surface area contributed by atoms with E-state index in [1.807, 2.05) is 0 Å². The van der Waals surface area contributed by atoms with Gasteiger partial charge in [0.25, 0.3) is 5.91 Å². The number of carbonyl (C=O) groups is 1. The molecule has 0 saturated heterocycles. The molecular formula is C20H21F4NOS. The number of hydrogen-bond acceptors (Lipinski definition) is 2. The smallest absolute Gasteiger partial charge is 0.319 e. The molecule has 1 N–H and O–H groups in total. The second-order valence-corrected chi connectivity index (χ2v) is 8.97. The maximum Gasteiger partial charge on any atom is 0.416 e. The van der Waals surface area contributed by atoms with Gasteiger partial charge in [0.1, 0.15) is 5.82 Å². The van der Waals surface area contributed by atoms with Crippen molar-refractivity contribution < 1.29 is 22.4 Å². The highest BCUT2D eigenvalue weighted by atomic mass is 32.1. The van der Waals surface area contributed by atoms with Crippen LogP contribution in [0.25, 0.3) is 0 Å². The fourth-order valence-corrected chi connectivity index (χ4v) is 4.59. The molecule has 0 saturated carbocycles. The van der Waals surface area contributed by atoms with E-state index in [9.17, 15) is 22.4 Å². The monoisotopic (exact) mass is 399 g/mol. The molecule has 0 aliphatic heterocycles. The average Bonchev–Trinajstić information content (AvgIpc) is 2.98. The molecule has 0 radical (unpaired) electrons. The van der Waals surface area contributed by atoms with E-state index < -0.39 is 29.2 Å². The van der Waals surface area contributed by atoms with Gasteiger partial charge in [-0.3, -0.25) is 4.79 Å². The number of amides is 1. The van der Waals surface area contributed by atoms with Gasteiger partial charge < -0.3 is 5.32 Å². The summed E-state index contributed by atoms with van der Waals surface area (Å²) in [5, 5.41) is 4.03. The second-order valence-electron chi connectivity index (χ2n) is 8.00. The molecular weight excluding hydrogens is 378 g/mol. The van der Waals surface area contributed by atoms with Gasteiger partial charge in [-0.25, -0.2) is 4.39 Å². The van der Waals surface area contributed by atoms with E-state index in [1.165, 1.54) is 11.3 Å². The van der Waals surface area contributed by atoms with E-state index in [4.69, 9.17) is 0 Å². The van der Waals surface area contributed by atoms with Gasteiger partial charge in [0.05, 0.1) is 16.8 Å². The van der Waals surface area contributed by atoms with Gasteiger partial charge in [0.15, 0.2) is 0 Å². The minimum atomic E-state index is -4.60. The van der Waals surface area contributed by atoms with Crippen molar-refractivity contribution in [3.63, 3.8) is 0 Å². The third kappa shape index (κ3) is 4.18. The predicted molar refractivity (Wildman–Crippen MR) is 98.6 cm³/mol. The van der Waals surface area contributed by atoms with Crippen molar-refractivity contribution >= 4 is 22.9 Å². The second kappa shape index (κ2) is 6.93. The molecule has 2 aromatic rings. The van der Waals surface area contributed by atoms with Gasteiger partial charge in [-0.05, 0) is 54.4 Å². The lowest BCUT2D eigenvalue weighted by molar-refractivity contribution is -0.137. The number of halogens is 4. The number of benzene rings is 1. The van der Waals surface area contributed by atoms with Crippen molar-refractivity contribution in [3.05, 3.63) is 51.0 Å². The van der Waals surface area contributed by atoms with E-state index in [0.717, 1.165) is 35.8 Å². The zero-order valence-electron chi connectivity index (χ0n) is 15.3. The first-order chi connectivity index (χ1) is 12.5. The summed E-state index contributed by atoms with van der Waals surface area (Å²) in [7, 11) is 0. The summed E-state index contributed by atoms with van der Waals surface area (Å²) < 4.78 is 52.4. The van der Waals surface area contributed by atoms with Crippen LogP contribution in [0.1, 0.15) is 53.6 Å². The Morgan fingerprint density at radius 2 is 1.93 bits per heavy atom. The lowest BCUT2D eigenvalue weighted by Gasteiger charge is -2.34. The zero-order valence-corrected chi connectivity index (χ0v) is 16.2. The van der Waals surface area contributed by atoms with Crippen molar-refractivity contribution in [3.8, 4) is 0 Å². The van der Waals surface area contributed by atoms with E-state index in [1.54, 1.807) is 5.38 Å². The first kappa shape index (κ1) is 19.9. The lowest BCUT2D eigenvalue weighted by atomic mass is 9.72. The highest BCUT2D eigenvalue weighted by Gasteiger charge is 2.33. The Hall–Kier alpha value is -1.89. The Bertz CT molecular complexity index is 864. The first-order valence-corrected chi connectivity index (χ1v) is 9.62. The van der Waals surface area contributed by atoms with Crippen LogP contribution < -0.4 is 5.32 Å². The summed E-state index contributed by atoms with van der Waals surface area (Å²) in [6.45, 7) is 6.58. The third-order valence-corrected chi connectivity index (χ3v) is 6.22. The number of anilines is 1. The largest absolute Gasteiger partial charge is 0.416 e. The van der Waals surface area contributed by atoms with Crippen LogP contribution in [0.15, 0.2) is 23.6 Å². The SMILES string of the molecule is CC(C)(C)[C@@H]1CCc2c(C(=O)Nc3cc(C(F)(F)F)ccc3F)csc2C1. The molecule has 1 amide bonds. The van der Waals surface area contributed by atoms with Crippen molar-refractivity contribution in [2.75, 3.05) is 5.32 Å². The molecule has 3 rings (SSSR count). The number of fused-ring (bicyclic) bond motifs is 1. The first-order valence-electron chi connectivity index (χ1n) is 8.74. The van der Waals surface area contributed by atoms with Gasteiger partial charge in [-0.15, -0.1) is 11.3 Å². The lowest BCUT2D eigenvalue weighted by Crippen LogP contribution is -2.27. The molecule has 146 valence electrons.